The van der Waals surface area contributed by atoms with Crippen LogP contribution >= 0.6 is 0 Å². The van der Waals surface area contributed by atoms with E-state index >= 15 is 0 Å². The van der Waals surface area contributed by atoms with Crippen molar-refractivity contribution in [2.75, 3.05) is 0 Å². The van der Waals surface area contributed by atoms with Gasteiger partial charge in [-0.1, -0.05) is 149 Å². The Morgan fingerprint density at radius 2 is 1.05 bits per heavy atom. The summed E-state index contributed by atoms with van der Waals surface area (Å²) in [6.45, 7) is 9.14. The van der Waals surface area contributed by atoms with Crippen molar-refractivity contribution in [2.24, 2.45) is 0 Å². The minimum atomic E-state index is 0.235. The Bertz CT molecular complexity index is 3030. The van der Waals surface area contributed by atoms with Gasteiger partial charge in [0.1, 0.15) is 16.7 Å². The van der Waals surface area contributed by atoms with Crippen molar-refractivity contribution in [3.8, 4) is 50.5 Å². The highest BCUT2D eigenvalue weighted by atomic mass is 16.3. The standard InChI is InChI=1S/C52H41N3O/c1-32(2)44-28-40(35-16-9-6-10-17-35)29-45(33(3)4)49(44)55-51(54-47-30-39-18-11-12-21-46(39)53-52(47)55)43-20-13-19-42-41-27-26-38(31-48(41)56-50(42)43)37-24-22-36(23-25-37)34-14-7-5-8-15-34/h5-33H,1-4H3. The first-order chi connectivity index (χ1) is 27.4. The highest BCUT2D eigenvalue weighted by Gasteiger charge is 2.26. The van der Waals surface area contributed by atoms with Crippen LogP contribution in [0.3, 0.4) is 0 Å². The number of rotatable bonds is 7. The smallest absolute Gasteiger partial charge is 0.165 e. The molecule has 0 atom stereocenters. The van der Waals surface area contributed by atoms with Crippen LogP contribution in [0, 0.1) is 0 Å². The lowest BCUT2D eigenvalue weighted by Crippen LogP contribution is -2.10. The predicted octanol–water partition coefficient (Wildman–Crippen LogP) is 14.4. The summed E-state index contributed by atoms with van der Waals surface area (Å²) in [7, 11) is 0. The highest BCUT2D eigenvalue weighted by molar-refractivity contribution is 6.10. The summed E-state index contributed by atoms with van der Waals surface area (Å²) in [5.74, 6) is 1.29. The van der Waals surface area contributed by atoms with Crippen LogP contribution in [0.25, 0.3) is 94.5 Å². The van der Waals surface area contributed by atoms with E-state index in [2.05, 4.69) is 196 Å². The largest absolute Gasteiger partial charge is 0.455 e. The maximum Gasteiger partial charge on any atom is 0.165 e. The minimum Gasteiger partial charge on any atom is -0.455 e. The molecule has 3 heterocycles. The molecular weight excluding hydrogens is 683 g/mol. The molecule has 0 aliphatic heterocycles. The molecule has 3 aromatic heterocycles. The zero-order valence-corrected chi connectivity index (χ0v) is 32.0. The van der Waals surface area contributed by atoms with Gasteiger partial charge in [-0.25, -0.2) is 9.97 Å². The molecule has 0 saturated heterocycles. The Morgan fingerprint density at radius 3 is 1.73 bits per heavy atom. The SMILES string of the molecule is CC(C)c1cc(-c2ccccc2)cc(C(C)C)c1-n1c(-c2cccc3c2oc2cc(-c4ccc(-c5ccccc5)cc4)ccc23)nc2cc3ccccc3nc21. The number of para-hydroxylation sites is 2. The Hall–Kier alpha value is -6.78. The molecule has 0 bridgehead atoms. The van der Waals surface area contributed by atoms with Gasteiger partial charge in [-0.3, -0.25) is 4.57 Å². The summed E-state index contributed by atoms with van der Waals surface area (Å²) in [6, 6.07) is 58.2. The molecular formula is C52H41N3O. The summed E-state index contributed by atoms with van der Waals surface area (Å²) >= 11 is 0. The number of furan rings is 1. The van der Waals surface area contributed by atoms with E-state index in [0.717, 1.165) is 72.2 Å². The molecule has 0 saturated carbocycles. The van der Waals surface area contributed by atoms with E-state index in [1.165, 1.54) is 33.4 Å². The fourth-order valence-electron chi connectivity index (χ4n) is 8.25. The van der Waals surface area contributed by atoms with Gasteiger partial charge < -0.3 is 4.42 Å². The van der Waals surface area contributed by atoms with Crippen LogP contribution in [0.15, 0.2) is 168 Å². The number of fused-ring (bicyclic) bond motifs is 5. The Kier molecular flexibility index (Phi) is 8.14. The van der Waals surface area contributed by atoms with Gasteiger partial charge in [0, 0.05) is 16.2 Å². The van der Waals surface area contributed by atoms with Gasteiger partial charge in [-0.15, -0.1) is 0 Å². The number of pyridine rings is 1. The first-order valence-electron chi connectivity index (χ1n) is 19.5. The molecule has 0 unspecified atom stereocenters. The maximum absolute atomic E-state index is 6.92. The Morgan fingerprint density at radius 1 is 0.464 bits per heavy atom. The number of benzene rings is 7. The van der Waals surface area contributed by atoms with Crippen LogP contribution in [-0.4, -0.2) is 14.5 Å². The predicted molar refractivity (Wildman–Crippen MR) is 234 cm³/mol. The molecule has 270 valence electrons. The van der Waals surface area contributed by atoms with Gasteiger partial charge in [0.2, 0.25) is 0 Å². The second-order valence-corrected chi connectivity index (χ2v) is 15.4. The zero-order chi connectivity index (χ0) is 37.9. The second-order valence-electron chi connectivity index (χ2n) is 15.4. The zero-order valence-electron chi connectivity index (χ0n) is 32.0. The maximum atomic E-state index is 6.92. The third kappa shape index (κ3) is 5.68. The fourth-order valence-corrected chi connectivity index (χ4v) is 8.25. The molecule has 0 aliphatic carbocycles. The van der Waals surface area contributed by atoms with E-state index in [1.807, 2.05) is 0 Å². The average molecular weight is 724 g/mol. The van der Waals surface area contributed by atoms with Crippen molar-refractivity contribution < 1.29 is 4.42 Å². The van der Waals surface area contributed by atoms with Crippen molar-refractivity contribution in [2.45, 2.75) is 39.5 Å². The molecule has 4 nitrogen and oxygen atoms in total. The molecule has 10 aromatic rings. The van der Waals surface area contributed by atoms with E-state index in [4.69, 9.17) is 14.4 Å². The average Bonchev–Trinajstić information content (AvgIpc) is 3.80. The van der Waals surface area contributed by atoms with Crippen LogP contribution in [0.2, 0.25) is 0 Å². The molecule has 0 radical (unpaired) electrons. The lowest BCUT2D eigenvalue weighted by Gasteiger charge is -2.24. The molecule has 0 amide bonds. The fraction of sp³-hybridized carbons (Fsp3) is 0.115. The van der Waals surface area contributed by atoms with Crippen molar-refractivity contribution in [1.29, 1.82) is 0 Å². The van der Waals surface area contributed by atoms with E-state index in [9.17, 15) is 0 Å². The van der Waals surface area contributed by atoms with Gasteiger partial charge in [0.25, 0.3) is 0 Å². The molecule has 10 rings (SSSR count). The molecule has 7 aromatic carbocycles. The Labute approximate surface area is 326 Å². The van der Waals surface area contributed by atoms with E-state index in [0.29, 0.717) is 0 Å². The van der Waals surface area contributed by atoms with Gasteiger partial charge >= 0.3 is 0 Å². The highest BCUT2D eigenvalue weighted by Crippen LogP contribution is 2.43. The normalized spacial score (nSPS) is 11.9. The Balaban J connectivity index is 1.20. The van der Waals surface area contributed by atoms with Gasteiger partial charge in [-0.05, 0) is 98.8 Å². The molecule has 56 heavy (non-hydrogen) atoms. The van der Waals surface area contributed by atoms with Gasteiger partial charge in [0.15, 0.2) is 11.5 Å². The van der Waals surface area contributed by atoms with Crippen LogP contribution in [0.5, 0.6) is 0 Å². The van der Waals surface area contributed by atoms with Crippen molar-refractivity contribution in [3.05, 3.63) is 175 Å². The first kappa shape index (κ1) is 33.8. The monoisotopic (exact) mass is 723 g/mol. The van der Waals surface area contributed by atoms with Crippen molar-refractivity contribution in [3.63, 3.8) is 0 Å². The van der Waals surface area contributed by atoms with Crippen molar-refractivity contribution in [1.82, 2.24) is 14.5 Å². The van der Waals surface area contributed by atoms with Crippen LogP contribution in [-0.2, 0) is 0 Å². The number of aromatic nitrogens is 3. The van der Waals surface area contributed by atoms with E-state index in [1.54, 1.807) is 0 Å². The molecule has 0 aliphatic rings. The van der Waals surface area contributed by atoms with Crippen LogP contribution in [0.4, 0.5) is 0 Å². The lowest BCUT2D eigenvalue weighted by molar-refractivity contribution is 0.669. The summed E-state index contributed by atoms with van der Waals surface area (Å²) in [5, 5.41) is 3.21. The summed E-state index contributed by atoms with van der Waals surface area (Å²) in [6.07, 6.45) is 0. The van der Waals surface area contributed by atoms with Gasteiger partial charge in [-0.2, -0.15) is 0 Å². The molecule has 0 N–H and O–H groups in total. The third-order valence-corrected chi connectivity index (χ3v) is 11.1. The second kappa shape index (κ2) is 13.5. The topological polar surface area (TPSA) is 43.9 Å². The molecule has 0 spiro atoms. The summed E-state index contributed by atoms with van der Waals surface area (Å²) in [4.78, 5) is 10.8. The summed E-state index contributed by atoms with van der Waals surface area (Å²) in [5.41, 5.74) is 16.0. The van der Waals surface area contributed by atoms with Crippen molar-refractivity contribution >= 4 is 44.0 Å². The number of hydrogen-bond acceptors (Lipinski definition) is 3. The van der Waals surface area contributed by atoms with E-state index < -0.39 is 0 Å². The molecule has 0 fully saturated rings. The summed E-state index contributed by atoms with van der Waals surface area (Å²) < 4.78 is 9.24. The van der Waals surface area contributed by atoms with E-state index in [-0.39, 0.29) is 11.8 Å². The number of hydrogen-bond donors (Lipinski definition) is 0. The van der Waals surface area contributed by atoms with Crippen LogP contribution < -0.4 is 0 Å². The lowest BCUT2D eigenvalue weighted by atomic mass is 9.88. The minimum absolute atomic E-state index is 0.235. The number of nitrogens with zero attached hydrogens (tertiary/aromatic N) is 3. The number of imidazole rings is 1. The quantitative estimate of drug-likeness (QED) is 0.164. The van der Waals surface area contributed by atoms with Crippen LogP contribution in [0.1, 0.15) is 50.7 Å². The molecule has 4 heteroatoms. The third-order valence-electron chi connectivity index (χ3n) is 11.1. The first-order valence-corrected chi connectivity index (χ1v) is 19.5. The van der Waals surface area contributed by atoms with Gasteiger partial charge in [0.05, 0.1) is 16.8 Å².